The summed E-state index contributed by atoms with van der Waals surface area (Å²) < 4.78 is 23.9. The van der Waals surface area contributed by atoms with Crippen molar-refractivity contribution in [2.45, 2.75) is 25.2 Å². The molecule has 1 N–H and O–H groups in total. The molecule has 0 saturated heterocycles. The van der Waals surface area contributed by atoms with Crippen LogP contribution in [0.25, 0.3) is 0 Å². The summed E-state index contributed by atoms with van der Waals surface area (Å²) in [5.41, 5.74) is 1.18. The largest absolute Gasteiger partial charge is 0.478 e. The van der Waals surface area contributed by atoms with Crippen LogP contribution in [0, 0.1) is 0 Å². The van der Waals surface area contributed by atoms with Crippen molar-refractivity contribution in [1.29, 1.82) is 0 Å². The van der Waals surface area contributed by atoms with Crippen molar-refractivity contribution in [2.24, 2.45) is 0 Å². The molecule has 5 heteroatoms. The highest BCUT2D eigenvalue weighted by atomic mass is 32.2. The van der Waals surface area contributed by atoms with Crippen molar-refractivity contribution in [3.05, 3.63) is 41.5 Å². The molecule has 0 aliphatic heterocycles. The summed E-state index contributed by atoms with van der Waals surface area (Å²) in [6.45, 7) is 7.01. The van der Waals surface area contributed by atoms with Crippen molar-refractivity contribution < 1.29 is 18.3 Å². The first-order chi connectivity index (χ1) is 8.27. The van der Waals surface area contributed by atoms with E-state index in [1.54, 1.807) is 13.0 Å². The predicted octanol–water partition coefficient (Wildman–Crippen LogP) is 2.30. The molecule has 1 aromatic rings. The fourth-order valence-corrected chi connectivity index (χ4v) is 3.05. The maximum absolute atomic E-state index is 12.0. The van der Waals surface area contributed by atoms with Gasteiger partial charge in [0.25, 0.3) is 0 Å². The lowest BCUT2D eigenvalue weighted by Gasteiger charge is -2.08. The Labute approximate surface area is 107 Å². The summed E-state index contributed by atoms with van der Waals surface area (Å²) in [6, 6.07) is 4.22. The smallest absolute Gasteiger partial charge is 0.336 e. The van der Waals surface area contributed by atoms with Gasteiger partial charge in [-0.15, -0.1) is 0 Å². The number of carboxylic acids is 1. The van der Waals surface area contributed by atoms with Gasteiger partial charge in [0.05, 0.1) is 16.2 Å². The molecule has 0 fully saturated rings. The van der Waals surface area contributed by atoms with E-state index in [1.807, 2.05) is 6.92 Å². The minimum Gasteiger partial charge on any atom is -0.478 e. The van der Waals surface area contributed by atoms with Crippen LogP contribution in [0.1, 0.15) is 29.8 Å². The van der Waals surface area contributed by atoms with Crippen molar-refractivity contribution in [3.63, 3.8) is 0 Å². The third kappa shape index (κ3) is 3.20. The Morgan fingerprint density at radius 2 is 2.00 bits per heavy atom. The van der Waals surface area contributed by atoms with Crippen molar-refractivity contribution in [3.8, 4) is 0 Å². The van der Waals surface area contributed by atoms with Crippen molar-refractivity contribution >= 4 is 15.8 Å². The van der Waals surface area contributed by atoms with Gasteiger partial charge in [-0.25, -0.2) is 13.2 Å². The van der Waals surface area contributed by atoms with E-state index in [0.29, 0.717) is 17.6 Å². The molecule has 0 heterocycles. The lowest BCUT2D eigenvalue weighted by atomic mass is 10.1. The van der Waals surface area contributed by atoms with E-state index in [-0.39, 0.29) is 16.2 Å². The first-order valence-corrected chi connectivity index (χ1v) is 7.16. The normalized spacial score (nSPS) is 11.2. The van der Waals surface area contributed by atoms with Crippen LogP contribution >= 0.6 is 0 Å². The van der Waals surface area contributed by atoms with Gasteiger partial charge in [-0.3, -0.25) is 0 Å². The van der Waals surface area contributed by atoms with Crippen LogP contribution in [0.5, 0.6) is 0 Å². The van der Waals surface area contributed by atoms with Gasteiger partial charge in [-0.1, -0.05) is 25.1 Å². The van der Waals surface area contributed by atoms with Gasteiger partial charge in [0.1, 0.15) is 0 Å². The van der Waals surface area contributed by atoms with Crippen molar-refractivity contribution in [1.82, 2.24) is 0 Å². The first kappa shape index (κ1) is 14.4. The maximum Gasteiger partial charge on any atom is 0.336 e. The van der Waals surface area contributed by atoms with E-state index >= 15 is 0 Å². The molecule has 0 saturated carbocycles. The van der Waals surface area contributed by atoms with Crippen LogP contribution in [-0.2, 0) is 16.3 Å². The van der Waals surface area contributed by atoms with Gasteiger partial charge in [0.15, 0.2) is 9.84 Å². The monoisotopic (exact) mass is 268 g/mol. The Morgan fingerprint density at radius 1 is 1.39 bits per heavy atom. The molecule has 0 aliphatic rings. The van der Waals surface area contributed by atoms with Crippen LogP contribution < -0.4 is 0 Å². The third-order valence-corrected chi connectivity index (χ3v) is 4.33. The Morgan fingerprint density at radius 3 is 2.44 bits per heavy atom. The SMILES string of the molecule is C=C(C)CS(=O)(=O)c1ccc(CC)c(C(=O)O)c1. The predicted molar refractivity (Wildman–Crippen MR) is 69.6 cm³/mol. The number of hydrogen-bond acceptors (Lipinski definition) is 3. The number of carboxylic acid groups (broad SMARTS) is 1. The molecule has 0 aliphatic carbocycles. The van der Waals surface area contributed by atoms with Crippen LogP contribution in [0.3, 0.4) is 0 Å². The number of benzene rings is 1. The lowest BCUT2D eigenvalue weighted by molar-refractivity contribution is 0.0695. The zero-order valence-corrected chi connectivity index (χ0v) is 11.3. The van der Waals surface area contributed by atoms with E-state index in [9.17, 15) is 13.2 Å². The number of carbonyl (C=O) groups is 1. The number of sulfone groups is 1. The molecule has 4 nitrogen and oxygen atoms in total. The Balaban J connectivity index is 3.32. The van der Waals surface area contributed by atoms with Crippen LogP contribution in [0.2, 0.25) is 0 Å². The highest BCUT2D eigenvalue weighted by Gasteiger charge is 2.18. The van der Waals surface area contributed by atoms with Crippen LogP contribution in [0.4, 0.5) is 0 Å². The summed E-state index contributed by atoms with van der Waals surface area (Å²) >= 11 is 0. The zero-order chi connectivity index (χ0) is 13.9. The summed E-state index contributed by atoms with van der Waals surface area (Å²) in [5.74, 6) is -1.28. The molecule has 0 radical (unpaired) electrons. The molecular formula is C13H16O4S. The molecule has 0 atom stereocenters. The Kier molecular flexibility index (Phi) is 4.29. The highest BCUT2D eigenvalue weighted by molar-refractivity contribution is 7.91. The van der Waals surface area contributed by atoms with Gasteiger partial charge in [0, 0.05) is 0 Å². The Bertz CT molecular complexity index is 585. The second-order valence-electron chi connectivity index (χ2n) is 4.19. The molecule has 1 aromatic carbocycles. The van der Waals surface area contributed by atoms with E-state index in [0.717, 1.165) is 0 Å². The summed E-state index contributed by atoms with van der Waals surface area (Å²) in [6.07, 6.45) is 0.544. The molecule has 0 spiro atoms. The molecule has 18 heavy (non-hydrogen) atoms. The maximum atomic E-state index is 12.0. The quantitative estimate of drug-likeness (QED) is 0.832. The third-order valence-electron chi connectivity index (χ3n) is 2.49. The second-order valence-corrected chi connectivity index (χ2v) is 6.18. The molecule has 1 rings (SSSR count). The Hall–Kier alpha value is -1.62. The zero-order valence-electron chi connectivity index (χ0n) is 10.4. The average molecular weight is 268 g/mol. The van der Waals surface area contributed by atoms with Gasteiger partial charge in [-0.2, -0.15) is 0 Å². The fourth-order valence-electron chi connectivity index (χ4n) is 1.66. The minimum absolute atomic E-state index is 0.0279. The summed E-state index contributed by atoms with van der Waals surface area (Å²) in [5, 5.41) is 9.06. The van der Waals surface area contributed by atoms with Gasteiger partial charge in [-0.05, 0) is 31.0 Å². The summed E-state index contributed by atoms with van der Waals surface area (Å²) in [7, 11) is -3.50. The number of hydrogen-bond donors (Lipinski definition) is 1. The minimum atomic E-state index is -3.50. The fraction of sp³-hybridized carbons (Fsp3) is 0.308. The van der Waals surface area contributed by atoms with Crippen molar-refractivity contribution in [2.75, 3.05) is 5.75 Å². The first-order valence-electron chi connectivity index (χ1n) is 5.51. The molecule has 0 amide bonds. The topological polar surface area (TPSA) is 71.4 Å². The highest BCUT2D eigenvalue weighted by Crippen LogP contribution is 2.19. The lowest BCUT2D eigenvalue weighted by Crippen LogP contribution is -2.10. The van der Waals surface area contributed by atoms with E-state index in [4.69, 9.17) is 5.11 Å². The standard InChI is InChI=1S/C13H16O4S/c1-4-10-5-6-11(7-12(10)13(14)15)18(16,17)8-9(2)3/h5-7H,2,4,8H2,1,3H3,(H,14,15). The van der Waals surface area contributed by atoms with Crippen LogP contribution in [-0.4, -0.2) is 25.2 Å². The van der Waals surface area contributed by atoms with Gasteiger partial charge >= 0.3 is 5.97 Å². The number of aryl methyl sites for hydroxylation is 1. The average Bonchev–Trinajstić information content (AvgIpc) is 2.26. The van der Waals surface area contributed by atoms with Gasteiger partial charge < -0.3 is 5.11 Å². The van der Waals surface area contributed by atoms with Crippen LogP contribution in [0.15, 0.2) is 35.2 Å². The number of rotatable bonds is 5. The summed E-state index contributed by atoms with van der Waals surface area (Å²) in [4.78, 5) is 11.1. The number of aromatic carboxylic acids is 1. The molecule has 0 aromatic heterocycles. The second kappa shape index (κ2) is 5.35. The van der Waals surface area contributed by atoms with Gasteiger partial charge in [0.2, 0.25) is 0 Å². The van der Waals surface area contributed by atoms with E-state index in [2.05, 4.69) is 6.58 Å². The molecule has 0 unspecified atom stereocenters. The molecular weight excluding hydrogens is 252 g/mol. The van der Waals surface area contributed by atoms with E-state index < -0.39 is 15.8 Å². The molecule has 98 valence electrons. The molecule has 0 bridgehead atoms. The van der Waals surface area contributed by atoms with E-state index in [1.165, 1.54) is 12.1 Å².